The van der Waals surface area contributed by atoms with Crippen LogP contribution in [0.5, 0.6) is 0 Å². The first-order chi connectivity index (χ1) is 8.11. The normalized spacial score (nSPS) is 11.2. The molecule has 17 heavy (non-hydrogen) atoms. The summed E-state index contributed by atoms with van der Waals surface area (Å²) in [5.41, 5.74) is 1.13. The van der Waals surface area contributed by atoms with Crippen molar-refractivity contribution in [2.45, 2.75) is 33.7 Å². The highest BCUT2D eigenvalue weighted by molar-refractivity contribution is 5.35. The molecule has 0 atom stereocenters. The van der Waals surface area contributed by atoms with Gasteiger partial charge < -0.3 is 10.2 Å². The van der Waals surface area contributed by atoms with Crippen LogP contribution in [0.15, 0.2) is 18.2 Å². The summed E-state index contributed by atoms with van der Waals surface area (Å²) in [6.45, 7) is 9.64. The lowest BCUT2D eigenvalue weighted by Gasteiger charge is -2.18. The summed E-state index contributed by atoms with van der Waals surface area (Å²) in [5.74, 6) is 1.68. The van der Waals surface area contributed by atoms with Crippen LogP contribution in [0.1, 0.15) is 32.9 Å². The highest BCUT2D eigenvalue weighted by Crippen LogP contribution is 2.08. The van der Waals surface area contributed by atoms with E-state index in [4.69, 9.17) is 0 Å². The average Bonchev–Trinajstić information content (AvgIpc) is 2.25. The Balaban J connectivity index is 2.52. The summed E-state index contributed by atoms with van der Waals surface area (Å²) in [7, 11) is 2.15. The molecule has 0 amide bonds. The second-order valence-corrected chi connectivity index (χ2v) is 5.03. The number of hydrogen-bond donors (Lipinski definition) is 1. The number of hydrogen-bond acceptors (Lipinski definition) is 3. The molecule has 0 saturated carbocycles. The van der Waals surface area contributed by atoms with Crippen LogP contribution in [0.2, 0.25) is 0 Å². The molecule has 1 heterocycles. The topological polar surface area (TPSA) is 28.2 Å². The summed E-state index contributed by atoms with van der Waals surface area (Å²) in [6.07, 6.45) is 1.12. The maximum absolute atomic E-state index is 4.60. The quantitative estimate of drug-likeness (QED) is 0.787. The van der Waals surface area contributed by atoms with Crippen LogP contribution in [-0.4, -0.2) is 30.0 Å². The van der Waals surface area contributed by atoms with E-state index in [2.05, 4.69) is 55.2 Å². The minimum absolute atomic E-state index is 0.696. The zero-order valence-electron chi connectivity index (χ0n) is 11.5. The maximum Gasteiger partial charge on any atom is 0.126 e. The number of anilines is 1. The van der Waals surface area contributed by atoms with Crippen molar-refractivity contribution in [1.82, 2.24) is 9.88 Å². The van der Waals surface area contributed by atoms with Crippen molar-refractivity contribution in [3.05, 3.63) is 23.9 Å². The van der Waals surface area contributed by atoms with Crippen LogP contribution in [0.3, 0.4) is 0 Å². The lowest BCUT2D eigenvalue weighted by molar-refractivity contribution is 0.285. The fourth-order valence-electron chi connectivity index (χ4n) is 1.88. The second-order valence-electron chi connectivity index (χ2n) is 5.03. The molecule has 0 bridgehead atoms. The zero-order valence-corrected chi connectivity index (χ0v) is 11.5. The van der Waals surface area contributed by atoms with E-state index in [9.17, 15) is 0 Å². The Labute approximate surface area is 105 Å². The molecule has 3 heteroatoms. The fourth-order valence-corrected chi connectivity index (χ4v) is 1.88. The van der Waals surface area contributed by atoms with E-state index in [0.29, 0.717) is 5.92 Å². The van der Waals surface area contributed by atoms with Gasteiger partial charge in [0.2, 0.25) is 0 Å². The Morgan fingerprint density at radius 3 is 2.76 bits per heavy atom. The van der Waals surface area contributed by atoms with E-state index in [1.165, 1.54) is 0 Å². The standard InChI is InChI=1S/C14H25N3/c1-5-9-15-14-8-6-7-13(16-14)11-17(4)10-12(2)3/h6-8,12H,5,9-11H2,1-4H3,(H,15,16). The van der Waals surface area contributed by atoms with Gasteiger partial charge in [0.1, 0.15) is 5.82 Å². The van der Waals surface area contributed by atoms with Crippen molar-refractivity contribution >= 4 is 5.82 Å². The molecular formula is C14H25N3. The lowest BCUT2D eigenvalue weighted by atomic mass is 10.2. The van der Waals surface area contributed by atoms with Crippen molar-refractivity contribution in [3.8, 4) is 0 Å². The first-order valence-electron chi connectivity index (χ1n) is 6.50. The Morgan fingerprint density at radius 1 is 1.35 bits per heavy atom. The molecule has 0 aromatic carbocycles. The first kappa shape index (κ1) is 14.0. The van der Waals surface area contributed by atoms with E-state index in [1.54, 1.807) is 0 Å². The molecule has 1 rings (SSSR count). The molecule has 3 nitrogen and oxygen atoms in total. The van der Waals surface area contributed by atoms with E-state index in [0.717, 1.165) is 37.6 Å². The van der Waals surface area contributed by atoms with Gasteiger partial charge in [0.25, 0.3) is 0 Å². The van der Waals surface area contributed by atoms with Crippen molar-refractivity contribution in [1.29, 1.82) is 0 Å². The number of aromatic nitrogens is 1. The zero-order chi connectivity index (χ0) is 12.7. The SMILES string of the molecule is CCCNc1cccc(CN(C)CC(C)C)n1. The Morgan fingerprint density at radius 2 is 2.12 bits per heavy atom. The molecule has 0 fully saturated rings. The number of rotatable bonds is 7. The molecule has 0 aliphatic rings. The van der Waals surface area contributed by atoms with E-state index in [-0.39, 0.29) is 0 Å². The van der Waals surface area contributed by atoms with Crippen molar-refractivity contribution in [2.75, 3.05) is 25.5 Å². The fraction of sp³-hybridized carbons (Fsp3) is 0.643. The molecular weight excluding hydrogens is 210 g/mol. The molecule has 0 aliphatic heterocycles. The third kappa shape index (κ3) is 5.68. The minimum atomic E-state index is 0.696. The minimum Gasteiger partial charge on any atom is -0.370 e. The third-order valence-electron chi connectivity index (χ3n) is 2.47. The molecule has 0 unspecified atom stereocenters. The van der Waals surface area contributed by atoms with Gasteiger partial charge >= 0.3 is 0 Å². The van der Waals surface area contributed by atoms with Crippen molar-refractivity contribution in [3.63, 3.8) is 0 Å². The summed E-state index contributed by atoms with van der Waals surface area (Å²) < 4.78 is 0. The van der Waals surface area contributed by atoms with Crippen LogP contribution in [0.25, 0.3) is 0 Å². The van der Waals surface area contributed by atoms with Crippen molar-refractivity contribution in [2.24, 2.45) is 5.92 Å². The van der Waals surface area contributed by atoms with E-state index >= 15 is 0 Å². The molecule has 96 valence electrons. The highest BCUT2D eigenvalue weighted by atomic mass is 15.1. The van der Waals surface area contributed by atoms with E-state index in [1.807, 2.05) is 6.07 Å². The summed E-state index contributed by atoms with van der Waals surface area (Å²) in [4.78, 5) is 6.92. The third-order valence-corrected chi connectivity index (χ3v) is 2.47. The van der Waals surface area contributed by atoms with Gasteiger partial charge in [-0.25, -0.2) is 4.98 Å². The van der Waals surface area contributed by atoms with Gasteiger partial charge in [-0.15, -0.1) is 0 Å². The maximum atomic E-state index is 4.60. The van der Waals surface area contributed by atoms with Crippen molar-refractivity contribution < 1.29 is 0 Å². The van der Waals surface area contributed by atoms with Crippen LogP contribution < -0.4 is 5.32 Å². The Kier molecular flexibility index (Phi) is 5.98. The highest BCUT2D eigenvalue weighted by Gasteiger charge is 2.04. The first-order valence-corrected chi connectivity index (χ1v) is 6.50. The van der Waals surface area contributed by atoms with Crippen LogP contribution in [0, 0.1) is 5.92 Å². The molecule has 0 radical (unpaired) electrons. The monoisotopic (exact) mass is 235 g/mol. The Bertz CT molecular complexity index is 323. The van der Waals surface area contributed by atoms with Gasteiger partial charge in [-0.2, -0.15) is 0 Å². The lowest BCUT2D eigenvalue weighted by Crippen LogP contribution is -2.23. The van der Waals surface area contributed by atoms with Gasteiger partial charge in [-0.05, 0) is 31.5 Å². The summed E-state index contributed by atoms with van der Waals surface area (Å²) in [6, 6.07) is 6.19. The molecule has 0 spiro atoms. The summed E-state index contributed by atoms with van der Waals surface area (Å²) >= 11 is 0. The molecule has 1 N–H and O–H groups in total. The summed E-state index contributed by atoms with van der Waals surface area (Å²) in [5, 5.41) is 3.32. The van der Waals surface area contributed by atoms with Crippen LogP contribution in [-0.2, 0) is 6.54 Å². The van der Waals surface area contributed by atoms with Gasteiger partial charge in [-0.1, -0.05) is 26.8 Å². The molecule has 1 aromatic heterocycles. The Hall–Kier alpha value is -1.09. The average molecular weight is 235 g/mol. The predicted octanol–water partition coefficient (Wildman–Crippen LogP) is 2.99. The van der Waals surface area contributed by atoms with E-state index < -0.39 is 0 Å². The second kappa shape index (κ2) is 7.28. The van der Waals surface area contributed by atoms with Gasteiger partial charge in [0.05, 0.1) is 5.69 Å². The largest absolute Gasteiger partial charge is 0.370 e. The molecule has 0 aliphatic carbocycles. The smallest absolute Gasteiger partial charge is 0.126 e. The number of nitrogens with zero attached hydrogens (tertiary/aromatic N) is 2. The number of pyridine rings is 1. The molecule has 0 saturated heterocycles. The van der Waals surface area contributed by atoms with Crippen LogP contribution in [0.4, 0.5) is 5.82 Å². The van der Waals surface area contributed by atoms with Gasteiger partial charge in [0, 0.05) is 19.6 Å². The van der Waals surface area contributed by atoms with Crippen LogP contribution >= 0.6 is 0 Å². The van der Waals surface area contributed by atoms with Gasteiger partial charge in [0.15, 0.2) is 0 Å². The number of nitrogens with one attached hydrogen (secondary N) is 1. The predicted molar refractivity (Wildman–Crippen MR) is 74.2 cm³/mol. The molecule has 1 aromatic rings. The van der Waals surface area contributed by atoms with Gasteiger partial charge in [-0.3, -0.25) is 0 Å².